The zero-order valence-corrected chi connectivity index (χ0v) is 18.1. The summed E-state index contributed by atoms with van der Waals surface area (Å²) in [5.74, 6) is 0.389. The molecule has 1 aliphatic heterocycles. The monoisotopic (exact) mass is 503 g/mol. The van der Waals surface area contributed by atoms with Crippen molar-refractivity contribution in [2.45, 2.75) is 0 Å². The van der Waals surface area contributed by atoms with Crippen LogP contribution in [0.5, 0.6) is 0 Å². The highest BCUT2D eigenvalue weighted by Gasteiger charge is 2.25. The minimum atomic E-state index is -0.521. The number of amides is 1. The molecule has 0 atom stereocenters. The average Bonchev–Trinajstić information content (AvgIpc) is 3.30. The van der Waals surface area contributed by atoms with E-state index in [9.17, 15) is 14.9 Å². The molecule has 1 aliphatic rings. The molecule has 1 aromatic heterocycles. The Balaban J connectivity index is 1.58. The predicted octanol–water partition coefficient (Wildman–Crippen LogP) is 6.16. The van der Waals surface area contributed by atoms with Gasteiger partial charge >= 0.3 is 0 Å². The molecular weight excluding hydrogens is 494 g/mol. The third-order valence-electron chi connectivity index (χ3n) is 4.03. The fraction of sp³-hybridized carbons (Fsp3) is 0. The van der Waals surface area contributed by atoms with E-state index in [4.69, 9.17) is 16.0 Å². The van der Waals surface area contributed by atoms with Crippen LogP contribution in [0.25, 0.3) is 17.4 Å². The highest BCUT2D eigenvalue weighted by molar-refractivity contribution is 9.10. The molecule has 0 aliphatic carbocycles. The predicted molar refractivity (Wildman–Crippen MR) is 121 cm³/mol. The number of halogens is 2. The maximum Gasteiger partial charge on any atom is 0.281 e. The Morgan fingerprint density at radius 3 is 2.67 bits per heavy atom. The number of aliphatic imine (C=N–C) groups is 1. The molecule has 150 valence electrons. The average molecular weight is 505 g/mol. The quantitative estimate of drug-likeness (QED) is 0.261. The highest BCUT2D eigenvalue weighted by Crippen LogP contribution is 2.35. The number of nitrogens with zero attached hydrogens (tertiary/aromatic N) is 2. The lowest BCUT2D eigenvalue weighted by Gasteiger charge is -2.00. The molecule has 2 aromatic carbocycles. The lowest BCUT2D eigenvalue weighted by molar-refractivity contribution is -0.384. The van der Waals surface area contributed by atoms with Crippen LogP contribution in [0.2, 0.25) is 5.02 Å². The van der Waals surface area contributed by atoms with E-state index in [1.54, 1.807) is 24.3 Å². The lowest BCUT2D eigenvalue weighted by atomic mass is 10.1. The molecule has 3 aromatic rings. The number of nitro benzene ring substituents is 1. The number of hydrogen-bond acceptors (Lipinski definition) is 6. The fourth-order valence-electron chi connectivity index (χ4n) is 2.68. The van der Waals surface area contributed by atoms with Gasteiger partial charge in [-0.15, -0.1) is 0 Å². The van der Waals surface area contributed by atoms with Gasteiger partial charge in [-0.2, -0.15) is 0 Å². The van der Waals surface area contributed by atoms with Crippen LogP contribution in [0.3, 0.4) is 0 Å². The van der Waals surface area contributed by atoms with Crippen LogP contribution in [-0.4, -0.2) is 16.0 Å². The van der Waals surface area contributed by atoms with Crippen LogP contribution >= 0.6 is 39.3 Å². The van der Waals surface area contributed by atoms with Crippen LogP contribution in [0, 0.1) is 10.1 Å². The lowest BCUT2D eigenvalue weighted by Crippen LogP contribution is -2.19. The first kappa shape index (κ1) is 20.4. The smallest absolute Gasteiger partial charge is 0.281 e. The van der Waals surface area contributed by atoms with E-state index >= 15 is 0 Å². The first-order chi connectivity index (χ1) is 14.4. The van der Waals surface area contributed by atoms with Gasteiger partial charge in [0, 0.05) is 21.6 Å². The van der Waals surface area contributed by atoms with Gasteiger partial charge in [-0.05, 0) is 60.3 Å². The van der Waals surface area contributed by atoms with Crippen molar-refractivity contribution in [1.82, 2.24) is 5.32 Å². The summed E-state index contributed by atoms with van der Waals surface area (Å²) in [4.78, 5) is 27.8. The molecule has 2 heterocycles. The third kappa shape index (κ3) is 4.48. The fourth-order valence-corrected chi connectivity index (χ4v) is 3.93. The third-order valence-corrected chi connectivity index (χ3v) is 5.70. The van der Waals surface area contributed by atoms with E-state index in [-0.39, 0.29) is 16.6 Å². The number of rotatable bonds is 4. The molecule has 1 amide bonds. The molecule has 7 nitrogen and oxygen atoms in total. The number of amidine groups is 1. The molecule has 10 heteroatoms. The summed E-state index contributed by atoms with van der Waals surface area (Å²) in [7, 11) is 0. The van der Waals surface area contributed by atoms with Crippen molar-refractivity contribution >= 4 is 67.8 Å². The van der Waals surface area contributed by atoms with Gasteiger partial charge in [0.15, 0.2) is 5.17 Å². The van der Waals surface area contributed by atoms with E-state index < -0.39 is 4.92 Å². The van der Waals surface area contributed by atoms with Crippen molar-refractivity contribution in [1.29, 1.82) is 0 Å². The van der Waals surface area contributed by atoms with Crippen LogP contribution in [-0.2, 0) is 4.79 Å². The van der Waals surface area contributed by atoms with Crippen LogP contribution in [0.4, 0.5) is 11.4 Å². The summed E-state index contributed by atoms with van der Waals surface area (Å²) >= 11 is 10.4. The van der Waals surface area contributed by atoms with Gasteiger partial charge in [-0.3, -0.25) is 14.9 Å². The standard InChI is InChI=1S/C20H11BrClN3O4S/c21-11-1-4-13(5-2-11)23-20-24-19(26)18(30-20)10-14-6-8-17(29-14)15-7-3-12(22)9-16(15)25(27)28/h1-10H,(H,23,24,26)/b18-10-. The van der Waals surface area contributed by atoms with Crippen molar-refractivity contribution in [3.8, 4) is 11.3 Å². The molecular formula is C20H11BrClN3O4S. The summed E-state index contributed by atoms with van der Waals surface area (Å²) in [6, 6.07) is 15.0. The minimum Gasteiger partial charge on any atom is -0.456 e. The maximum absolute atomic E-state index is 12.3. The molecule has 0 unspecified atom stereocenters. The summed E-state index contributed by atoms with van der Waals surface area (Å²) in [6.45, 7) is 0. The molecule has 0 bridgehead atoms. The van der Waals surface area contributed by atoms with Crippen molar-refractivity contribution in [3.05, 3.63) is 84.9 Å². The van der Waals surface area contributed by atoms with Gasteiger partial charge in [-0.25, -0.2) is 4.99 Å². The normalized spacial score (nSPS) is 16.3. The first-order valence-electron chi connectivity index (χ1n) is 8.48. The maximum atomic E-state index is 12.3. The topological polar surface area (TPSA) is 97.7 Å². The first-order valence-corrected chi connectivity index (χ1v) is 10.5. The van der Waals surface area contributed by atoms with Gasteiger partial charge in [0.25, 0.3) is 11.6 Å². The zero-order valence-electron chi connectivity index (χ0n) is 15.0. The van der Waals surface area contributed by atoms with E-state index in [2.05, 4.69) is 26.2 Å². The molecule has 1 fully saturated rings. The number of carbonyl (C=O) groups is 1. The highest BCUT2D eigenvalue weighted by atomic mass is 79.9. The van der Waals surface area contributed by atoms with Crippen LogP contribution in [0.15, 0.2) is 73.4 Å². The second-order valence-electron chi connectivity index (χ2n) is 6.08. The summed E-state index contributed by atoms with van der Waals surface area (Å²) in [5.41, 5.74) is 0.848. The number of carbonyl (C=O) groups excluding carboxylic acids is 1. The van der Waals surface area contributed by atoms with Crippen molar-refractivity contribution in [3.63, 3.8) is 0 Å². The van der Waals surface area contributed by atoms with E-state index in [0.29, 0.717) is 32.8 Å². The Bertz CT molecular complexity index is 1220. The molecule has 0 radical (unpaired) electrons. The van der Waals surface area contributed by atoms with Gasteiger partial charge in [-0.1, -0.05) is 27.5 Å². The van der Waals surface area contributed by atoms with Gasteiger partial charge < -0.3 is 9.73 Å². The second-order valence-corrected chi connectivity index (χ2v) is 8.46. The SMILES string of the molecule is O=C1NC(=Nc2ccc(Br)cc2)S/C1=C\c1ccc(-c2ccc(Cl)cc2[N+](=O)[O-])o1. The Hall–Kier alpha value is -2.88. The second kappa shape index (κ2) is 8.47. The molecule has 1 N–H and O–H groups in total. The number of nitro groups is 1. The number of furan rings is 1. The molecule has 1 saturated heterocycles. The van der Waals surface area contributed by atoms with Crippen LogP contribution in [0.1, 0.15) is 5.76 Å². The number of hydrogen-bond donors (Lipinski definition) is 1. The summed E-state index contributed by atoms with van der Waals surface area (Å²) in [6.07, 6.45) is 1.56. The van der Waals surface area contributed by atoms with Gasteiger partial charge in [0.2, 0.25) is 0 Å². The van der Waals surface area contributed by atoms with Gasteiger partial charge in [0.1, 0.15) is 11.5 Å². The Morgan fingerprint density at radius 1 is 1.17 bits per heavy atom. The molecule has 4 rings (SSSR count). The van der Waals surface area contributed by atoms with Crippen molar-refractivity contribution in [2.24, 2.45) is 4.99 Å². The summed E-state index contributed by atoms with van der Waals surface area (Å²) < 4.78 is 6.65. The van der Waals surface area contributed by atoms with E-state index in [1.807, 2.05) is 24.3 Å². The largest absolute Gasteiger partial charge is 0.456 e. The molecule has 30 heavy (non-hydrogen) atoms. The number of thioether (sulfide) groups is 1. The van der Waals surface area contributed by atoms with Crippen molar-refractivity contribution < 1.29 is 14.1 Å². The Labute approximate surface area is 188 Å². The minimum absolute atomic E-state index is 0.159. The number of nitrogens with one attached hydrogen (secondary N) is 1. The van der Waals surface area contributed by atoms with E-state index in [0.717, 1.165) is 4.47 Å². The summed E-state index contributed by atoms with van der Waals surface area (Å²) in [5, 5.41) is 14.7. The van der Waals surface area contributed by atoms with Crippen molar-refractivity contribution in [2.75, 3.05) is 0 Å². The Morgan fingerprint density at radius 2 is 1.93 bits per heavy atom. The Kier molecular flexibility index (Phi) is 5.76. The van der Waals surface area contributed by atoms with Gasteiger partial charge in [0.05, 0.1) is 21.1 Å². The zero-order chi connectivity index (χ0) is 21.3. The van der Waals surface area contributed by atoms with Crippen LogP contribution < -0.4 is 5.32 Å². The molecule has 0 saturated carbocycles. The molecule has 0 spiro atoms. The number of benzene rings is 2. The van der Waals surface area contributed by atoms with E-state index in [1.165, 1.54) is 23.9 Å².